The maximum atomic E-state index is 8.33. The predicted octanol–water partition coefficient (Wildman–Crippen LogP) is -8.48. The number of carbonyl (C=O) groups is 3. The molecular formula is C3O9Sr3. The molecule has 0 aromatic carbocycles. The summed E-state index contributed by atoms with van der Waals surface area (Å²) in [5, 5.41) is 50.0. The largest absolute Gasteiger partial charge is 2.00 e. The molecule has 0 aromatic rings. The van der Waals surface area contributed by atoms with Gasteiger partial charge in [-0.1, -0.05) is 0 Å². The SMILES string of the molecule is O=C([O-])[O-].O=C([O-])[O-].O=C([O-])[O-].[Sr+2].[Sr+2].[Sr+2]. The topological polar surface area (TPSA) is 190 Å². The molecule has 0 radical (unpaired) electrons. The molecule has 0 saturated heterocycles. The summed E-state index contributed by atoms with van der Waals surface area (Å²) in [6, 6.07) is 0. The van der Waals surface area contributed by atoms with Gasteiger partial charge in [0.15, 0.2) is 0 Å². The summed E-state index contributed by atoms with van der Waals surface area (Å²) < 4.78 is 0. The average molecular weight is 443 g/mol. The first-order valence-corrected chi connectivity index (χ1v) is 1.84. The van der Waals surface area contributed by atoms with Crippen LogP contribution < -0.4 is 30.6 Å². The molecule has 0 heterocycles. The zero-order chi connectivity index (χ0) is 10.7. The second-order valence-electron chi connectivity index (χ2n) is 0.750. The molecule has 0 aliphatic carbocycles. The van der Waals surface area contributed by atoms with Crippen LogP contribution in [0.25, 0.3) is 0 Å². The van der Waals surface area contributed by atoms with E-state index in [-0.39, 0.29) is 136 Å². The minimum absolute atomic E-state index is 0. The van der Waals surface area contributed by atoms with Gasteiger partial charge < -0.3 is 45.0 Å². The van der Waals surface area contributed by atoms with Gasteiger partial charge in [-0.05, 0) is 18.5 Å². The Morgan fingerprint density at radius 1 is 0.467 bits per heavy atom. The van der Waals surface area contributed by atoms with Crippen LogP contribution in [0.3, 0.4) is 0 Å². The van der Waals surface area contributed by atoms with Crippen molar-refractivity contribution in [2.24, 2.45) is 0 Å². The van der Waals surface area contributed by atoms with Gasteiger partial charge in [0, 0.05) is 0 Å². The third kappa shape index (κ3) is 651. The van der Waals surface area contributed by atoms with Gasteiger partial charge in [0.1, 0.15) is 0 Å². The van der Waals surface area contributed by atoms with Crippen molar-refractivity contribution in [3.05, 3.63) is 0 Å². The Morgan fingerprint density at radius 3 is 0.467 bits per heavy atom. The third-order valence-electron chi connectivity index (χ3n) is 0. The van der Waals surface area contributed by atoms with E-state index < -0.39 is 18.5 Å². The number of hydrogen-bond acceptors (Lipinski definition) is 9. The van der Waals surface area contributed by atoms with Crippen molar-refractivity contribution in [2.75, 3.05) is 0 Å². The summed E-state index contributed by atoms with van der Waals surface area (Å²) >= 11 is 0. The van der Waals surface area contributed by atoms with Crippen molar-refractivity contribution in [1.82, 2.24) is 0 Å². The number of hydrogen-bond donors (Lipinski definition) is 0. The van der Waals surface area contributed by atoms with Crippen LogP contribution in [0, 0.1) is 0 Å². The van der Waals surface area contributed by atoms with Crippen LogP contribution in [0.15, 0.2) is 0 Å². The van der Waals surface area contributed by atoms with E-state index >= 15 is 0 Å². The fourth-order valence-electron chi connectivity index (χ4n) is 0. The summed E-state index contributed by atoms with van der Waals surface area (Å²) in [6.07, 6.45) is -7.00. The Bertz CT molecular complexity index is 118. The van der Waals surface area contributed by atoms with Crippen LogP contribution in [0.1, 0.15) is 0 Å². The van der Waals surface area contributed by atoms with E-state index in [0.717, 1.165) is 0 Å². The van der Waals surface area contributed by atoms with Crippen LogP contribution in [0.4, 0.5) is 14.4 Å². The summed E-state index contributed by atoms with van der Waals surface area (Å²) in [5.74, 6) is 0. The van der Waals surface area contributed by atoms with Crippen molar-refractivity contribution in [1.29, 1.82) is 0 Å². The Kier molecular flexibility index (Phi) is 71.6. The van der Waals surface area contributed by atoms with Gasteiger partial charge >= 0.3 is 136 Å². The van der Waals surface area contributed by atoms with Gasteiger partial charge in [0.05, 0.1) is 0 Å². The zero-order valence-corrected chi connectivity index (χ0v) is 17.7. The van der Waals surface area contributed by atoms with Gasteiger partial charge in [-0.25, -0.2) is 0 Å². The van der Waals surface area contributed by atoms with Gasteiger partial charge in [0.25, 0.3) is 0 Å². The standard InChI is InChI=1S/3CH2O3.3Sr/c3*2-1(3)4;;;/h3*(H2,2,3,4);;;/q;;;3*+2/p-6. The molecule has 0 fully saturated rings. The minimum atomic E-state index is -2.33. The second-order valence-corrected chi connectivity index (χ2v) is 0.750. The Hall–Kier alpha value is 2.25. The van der Waals surface area contributed by atoms with Crippen LogP contribution in [0.2, 0.25) is 0 Å². The fraction of sp³-hybridized carbons (Fsp3) is 0. The van der Waals surface area contributed by atoms with Crippen LogP contribution >= 0.6 is 0 Å². The predicted molar refractivity (Wildman–Crippen MR) is 33.4 cm³/mol. The van der Waals surface area contributed by atoms with E-state index in [9.17, 15) is 0 Å². The molecule has 0 aliphatic heterocycles. The summed E-state index contributed by atoms with van der Waals surface area (Å²) in [4.78, 5) is 25.0. The van der Waals surface area contributed by atoms with Crippen molar-refractivity contribution < 1.29 is 45.0 Å². The van der Waals surface area contributed by atoms with Crippen molar-refractivity contribution in [2.45, 2.75) is 0 Å². The average Bonchev–Trinajstić information content (AvgIpc) is 1.54. The Labute approximate surface area is 195 Å². The first-order valence-electron chi connectivity index (χ1n) is 1.84. The van der Waals surface area contributed by atoms with E-state index in [2.05, 4.69) is 0 Å². The maximum Gasteiger partial charge on any atom is 2.00 e. The first kappa shape index (κ1) is 36.0. The Balaban J connectivity index is -0.0000000184. The van der Waals surface area contributed by atoms with Gasteiger partial charge in [0.2, 0.25) is 0 Å². The summed E-state index contributed by atoms with van der Waals surface area (Å²) in [5.41, 5.74) is 0. The number of rotatable bonds is 0. The van der Waals surface area contributed by atoms with Crippen molar-refractivity contribution >= 4 is 155 Å². The molecule has 72 valence electrons. The van der Waals surface area contributed by atoms with E-state index in [1.807, 2.05) is 0 Å². The fourth-order valence-corrected chi connectivity index (χ4v) is 0. The van der Waals surface area contributed by atoms with E-state index in [0.29, 0.717) is 0 Å². The monoisotopic (exact) mass is 444 g/mol. The Morgan fingerprint density at radius 2 is 0.467 bits per heavy atom. The van der Waals surface area contributed by atoms with Crippen LogP contribution in [-0.2, 0) is 0 Å². The molecule has 0 bridgehead atoms. The van der Waals surface area contributed by atoms with Crippen LogP contribution in [-0.4, -0.2) is 155 Å². The normalized spacial score (nSPS) is 4.80. The van der Waals surface area contributed by atoms with Crippen molar-refractivity contribution in [3.8, 4) is 0 Å². The quantitative estimate of drug-likeness (QED) is 0.328. The molecule has 0 unspecified atom stereocenters. The van der Waals surface area contributed by atoms with Crippen molar-refractivity contribution in [3.63, 3.8) is 0 Å². The molecule has 0 aromatic heterocycles. The summed E-state index contributed by atoms with van der Waals surface area (Å²) in [6.45, 7) is 0. The summed E-state index contributed by atoms with van der Waals surface area (Å²) in [7, 11) is 0. The minimum Gasteiger partial charge on any atom is -0.652 e. The molecule has 12 heteroatoms. The maximum absolute atomic E-state index is 8.33. The molecule has 0 rings (SSSR count). The molecule has 0 amide bonds. The first-order chi connectivity index (χ1) is 5.20. The molecule has 0 N–H and O–H groups in total. The van der Waals surface area contributed by atoms with Crippen LogP contribution in [0.5, 0.6) is 0 Å². The zero-order valence-electron chi connectivity index (χ0n) is 7.30. The van der Waals surface area contributed by atoms with E-state index in [1.165, 1.54) is 0 Å². The second kappa shape index (κ2) is 29.9. The van der Waals surface area contributed by atoms with Gasteiger partial charge in [-0.3, -0.25) is 0 Å². The van der Waals surface area contributed by atoms with Gasteiger partial charge in [-0.2, -0.15) is 0 Å². The van der Waals surface area contributed by atoms with Gasteiger partial charge in [-0.15, -0.1) is 0 Å². The van der Waals surface area contributed by atoms with E-state index in [4.69, 9.17) is 45.0 Å². The molecule has 9 nitrogen and oxygen atoms in total. The molecule has 0 spiro atoms. The van der Waals surface area contributed by atoms with E-state index in [1.54, 1.807) is 0 Å². The molecule has 0 aliphatic rings. The number of carboxylic acid groups (broad SMARTS) is 6. The molecule has 15 heavy (non-hydrogen) atoms. The molecule has 0 atom stereocenters. The molecule has 0 saturated carbocycles. The third-order valence-corrected chi connectivity index (χ3v) is 0. The number of carbonyl (C=O) groups excluding carboxylic acids is 3. The molecular weight excluding hydrogens is 443 g/mol. The smallest absolute Gasteiger partial charge is 0.652 e.